The van der Waals surface area contributed by atoms with E-state index in [0.717, 1.165) is 51.7 Å². The molecule has 164 valence electrons. The van der Waals surface area contributed by atoms with Gasteiger partial charge in [-0.15, -0.1) is 0 Å². The van der Waals surface area contributed by atoms with E-state index in [0.29, 0.717) is 29.9 Å². The van der Waals surface area contributed by atoms with Crippen LogP contribution in [0.2, 0.25) is 0 Å². The van der Waals surface area contributed by atoms with Crippen molar-refractivity contribution >= 4 is 5.97 Å². The first-order chi connectivity index (χ1) is 14.5. The van der Waals surface area contributed by atoms with Gasteiger partial charge >= 0.3 is 5.97 Å². The molecule has 1 aromatic rings. The van der Waals surface area contributed by atoms with Crippen LogP contribution in [-0.4, -0.2) is 42.2 Å². The highest BCUT2D eigenvalue weighted by Gasteiger charge is 2.56. The van der Waals surface area contributed by atoms with E-state index in [1.54, 1.807) is 0 Å². The highest BCUT2D eigenvalue weighted by Crippen LogP contribution is 2.52. The van der Waals surface area contributed by atoms with Gasteiger partial charge in [-0.3, -0.25) is 0 Å². The summed E-state index contributed by atoms with van der Waals surface area (Å²) < 4.78 is 5.81. The first-order valence-corrected chi connectivity index (χ1v) is 11.8. The molecule has 0 aromatic heterocycles. The molecule has 1 saturated heterocycles. The quantitative estimate of drug-likeness (QED) is 0.504. The van der Waals surface area contributed by atoms with Gasteiger partial charge in [0.1, 0.15) is 0 Å². The summed E-state index contributed by atoms with van der Waals surface area (Å²) in [6, 6.07) is 9.44. The van der Waals surface area contributed by atoms with Crippen LogP contribution in [0.15, 0.2) is 42.0 Å². The Morgan fingerprint density at radius 1 is 1.13 bits per heavy atom. The van der Waals surface area contributed by atoms with Crippen LogP contribution in [-0.2, 0) is 15.1 Å². The summed E-state index contributed by atoms with van der Waals surface area (Å²) in [5.74, 6) is 1.30. The van der Waals surface area contributed by atoms with Crippen molar-refractivity contribution in [2.45, 2.75) is 58.0 Å². The fourth-order valence-corrected chi connectivity index (χ4v) is 5.72. The second-order valence-electron chi connectivity index (χ2n) is 9.89. The van der Waals surface area contributed by atoms with E-state index in [2.05, 4.69) is 24.8 Å². The van der Waals surface area contributed by atoms with Crippen molar-refractivity contribution in [3.8, 4) is 0 Å². The van der Waals surface area contributed by atoms with E-state index < -0.39 is 11.6 Å². The van der Waals surface area contributed by atoms with Crippen molar-refractivity contribution in [1.29, 1.82) is 0 Å². The number of likely N-dealkylation sites (tertiary alicyclic amines) is 1. The molecule has 0 amide bonds. The number of ether oxygens (including phenoxy) is 1. The molecule has 2 saturated carbocycles. The van der Waals surface area contributed by atoms with Gasteiger partial charge in [-0.05, 0) is 50.5 Å². The standard InChI is InChI=1S/C26H37NO3/c1-19(2)10-9-15-27-16-22-23(17-27)24(22)18-30-25(28)26(29,20-11-5-3-6-12-20)21-13-7-4-8-14-21/h3,5-6,10-12,21-24,29H,4,7-9,13-18H2,1-2H3. The van der Waals surface area contributed by atoms with Crippen molar-refractivity contribution < 1.29 is 14.6 Å². The second kappa shape index (κ2) is 9.23. The van der Waals surface area contributed by atoms with Gasteiger partial charge in [0.2, 0.25) is 0 Å². The average molecular weight is 412 g/mol. The van der Waals surface area contributed by atoms with Gasteiger partial charge in [-0.1, -0.05) is 61.2 Å². The van der Waals surface area contributed by atoms with Crippen LogP contribution >= 0.6 is 0 Å². The van der Waals surface area contributed by atoms with Crippen molar-refractivity contribution in [3.63, 3.8) is 0 Å². The molecule has 0 bridgehead atoms. The van der Waals surface area contributed by atoms with E-state index in [1.165, 1.54) is 12.0 Å². The van der Waals surface area contributed by atoms with Crippen LogP contribution in [0, 0.1) is 23.7 Å². The Hall–Kier alpha value is -1.65. The van der Waals surface area contributed by atoms with Gasteiger partial charge in [0.05, 0.1) is 6.61 Å². The lowest BCUT2D eigenvalue weighted by Gasteiger charge is -2.36. The van der Waals surface area contributed by atoms with Gasteiger partial charge in [-0.25, -0.2) is 4.79 Å². The monoisotopic (exact) mass is 411 g/mol. The number of aliphatic hydroxyl groups is 1. The summed E-state index contributed by atoms with van der Waals surface area (Å²) in [5.41, 5.74) is 0.554. The Kier molecular flexibility index (Phi) is 6.64. The Morgan fingerprint density at radius 2 is 1.80 bits per heavy atom. The zero-order valence-electron chi connectivity index (χ0n) is 18.6. The number of allylic oxidation sites excluding steroid dienone is 1. The summed E-state index contributed by atoms with van der Waals surface area (Å²) in [6.45, 7) is 8.12. The van der Waals surface area contributed by atoms with Gasteiger partial charge in [0.15, 0.2) is 5.60 Å². The maximum Gasteiger partial charge on any atom is 0.343 e. The highest BCUT2D eigenvalue weighted by molar-refractivity contribution is 5.81. The largest absolute Gasteiger partial charge is 0.463 e. The molecule has 3 atom stereocenters. The highest BCUT2D eigenvalue weighted by atomic mass is 16.6. The minimum Gasteiger partial charge on any atom is -0.463 e. The SMILES string of the molecule is CC(C)=CCCN1CC2C(COC(=O)C(O)(c3ccccc3)C3CCCCC3)C2C1. The summed E-state index contributed by atoms with van der Waals surface area (Å²) in [6.07, 6.45) is 8.52. The summed E-state index contributed by atoms with van der Waals surface area (Å²) in [4.78, 5) is 15.7. The number of carbonyl (C=O) groups excluding carboxylic acids is 1. The van der Waals surface area contributed by atoms with E-state index in [1.807, 2.05) is 30.3 Å². The second-order valence-corrected chi connectivity index (χ2v) is 9.89. The number of hydrogen-bond donors (Lipinski definition) is 1. The molecule has 4 heteroatoms. The third-order valence-corrected chi connectivity index (χ3v) is 7.57. The number of carbonyl (C=O) groups is 1. The molecule has 30 heavy (non-hydrogen) atoms. The zero-order chi connectivity index (χ0) is 21.1. The lowest BCUT2D eigenvalue weighted by atomic mass is 9.73. The minimum absolute atomic E-state index is 0.0505. The molecule has 1 aliphatic heterocycles. The molecule has 3 aliphatic rings. The number of fused-ring (bicyclic) bond motifs is 1. The Labute approximate surface area is 181 Å². The van der Waals surface area contributed by atoms with Gasteiger partial charge in [0, 0.05) is 31.5 Å². The van der Waals surface area contributed by atoms with E-state index in [-0.39, 0.29) is 5.92 Å². The number of benzene rings is 1. The van der Waals surface area contributed by atoms with Crippen LogP contribution in [0.1, 0.15) is 57.9 Å². The Morgan fingerprint density at radius 3 is 2.43 bits per heavy atom. The maximum atomic E-state index is 13.2. The average Bonchev–Trinajstić information content (AvgIpc) is 3.22. The van der Waals surface area contributed by atoms with E-state index in [9.17, 15) is 9.90 Å². The number of nitrogens with zero attached hydrogens (tertiary/aromatic N) is 1. The minimum atomic E-state index is -1.51. The Balaban J connectivity index is 1.32. The van der Waals surface area contributed by atoms with E-state index >= 15 is 0 Å². The topological polar surface area (TPSA) is 49.8 Å². The normalized spacial score (nSPS) is 28.4. The number of rotatable bonds is 8. The van der Waals surface area contributed by atoms with Crippen LogP contribution in [0.25, 0.3) is 0 Å². The van der Waals surface area contributed by atoms with Crippen LogP contribution in [0.3, 0.4) is 0 Å². The molecule has 1 heterocycles. The summed E-state index contributed by atoms with van der Waals surface area (Å²) >= 11 is 0. The molecular formula is C26H37NO3. The summed E-state index contributed by atoms with van der Waals surface area (Å²) in [5, 5.41) is 11.6. The molecule has 0 spiro atoms. The van der Waals surface area contributed by atoms with Crippen LogP contribution in [0.5, 0.6) is 0 Å². The lowest BCUT2D eigenvalue weighted by molar-refractivity contribution is -0.176. The molecule has 4 rings (SSSR count). The van der Waals surface area contributed by atoms with Crippen LogP contribution < -0.4 is 0 Å². The molecule has 4 nitrogen and oxygen atoms in total. The predicted molar refractivity (Wildman–Crippen MR) is 119 cm³/mol. The molecular weight excluding hydrogens is 374 g/mol. The number of piperidine rings is 1. The molecule has 1 aromatic carbocycles. The molecule has 3 unspecified atom stereocenters. The Bertz CT molecular complexity index is 739. The molecule has 0 radical (unpaired) electrons. The smallest absolute Gasteiger partial charge is 0.343 e. The predicted octanol–water partition coefficient (Wildman–Crippen LogP) is 4.53. The maximum absolute atomic E-state index is 13.2. The van der Waals surface area contributed by atoms with Gasteiger partial charge in [0.25, 0.3) is 0 Å². The zero-order valence-corrected chi connectivity index (χ0v) is 18.6. The fourth-order valence-electron chi connectivity index (χ4n) is 5.72. The van der Waals surface area contributed by atoms with E-state index in [4.69, 9.17) is 4.74 Å². The van der Waals surface area contributed by atoms with Crippen LogP contribution in [0.4, 0.5) is 0 Å². The summed E-state index contributed by atoms with van der Waals surface area (Å²) in [7, 11) is 0. The third-order valence-electron chi connectivity index (χ3n) is 7.57. The van der Waals surface area contributed by atoms with Gasteiger partial charge < -0.3 is 14.7 Å². The fraction of sp³-hybridized carbons (Fsp3) is 0.654. The van der Waals surface area contributed by atoms with Crippen molar-refractivity contribution in [1.82, 2.24) is 4.90 Å². The number of esters is 1. The van der Waals surface area contributed by atoms with Crippen molar-refractivity contribution in [2.24, 2.45) is 23.7 Å². The van der Waals surface area contributed by atoms with Crippen molar-refractivity contribution in [2.75, 3.05) is 26.2 Å². The molecule has 2 aliphatic carbocycles. The molecule has 3 fully saturated rings. The first-order valence-electron chi connectivity index (χ1n) is 11.8. The van der Waals surface area contributed by atoms with Crippen molar-refractivity contribution in [3.05, 3.63) is 47.5 Å². The third kappa shape index (κ3) is 4.50. The number of hydrogen-bond acceptors (Lipinski definition) is 4. The van der Waals surface area contributed by atoms with Gasteiger partial charge in [-0.2, -0.15) is 0 Å². The lowest BCUT2D eigenvalue weighted by Crippen LogP contribution is -2.45. The first kappa shape index (κ1) is 21.6. The molecule has 1 N–H and O–H groups in total.